The second-order valence-corrected chi connectivity index (χ2v) is 5.21. The van der Waals surface area contributed by atoms with Gasteiger partial charge in [-0.05, 0) is 37.3 Å². The van der Waals surface area contributed by atoms with Crippen LogP contribution in [0.4, 0.5) is 5.69 Å². The number of rotatable bonds is 6. The molecule has 6 heteroatoms. The van der Waals surface area contributed by atoms with Gasteiger partial charge < -0.3 is 19.5 Å². The van der Waals surface area contributed by atoms with Crippen molar-refractivity contribution in [1.29, 1.82) is 0 Å². The van der Waals surface area contributed by atoms with Crippen LogP contribution in [0.3, 0.4) is 0 Å². The Labute approximate surface area is 140 Å². The molecule has 0 bridgehead atoms. The topological polar surface area (TPSA) is 56.8 Å². The van der Waals surface area contributed by atoms with E-state index in [1.807, 2.05) is 0 Å². The first-order chi connectivity index (χ1) is 11.0. The van der Waals surface area contributed by atoms with Crippen LogP contribution in [0.15, 0.2) is 42.5 Å². The molecule has 2 aromatic carbocycles. The maximum atomic E-state index is 12.2. The second kappa shape index (κ2) is 7.74. The molecule has 2 rings (SSSR count). The van der Waals surface area contributed by atoms with Crippen molar-refractivity contribution in [2.24, 2.45) is 0 Å². The Balaban J connectivity index is 2.03. The monoisotopic (exact) mass is 335 g/mol. The normalized spacial score (nSPS) is 11.5. The van der Waals surface area contributed by atoms with Crippen molar-refractivity contribution in [2.45, 2.75) is 13.0 Å². The van der Waals surface area contributed by atoms with Crippen LogP contribution in [-0.4, -0.2) is 26.2 Å². The molecule has 0 spiro atoms. The number of benzene rings is 2. The van der Waals surface area contributed by atoms with E-state index < -0.39 is 6.10 Å². The van der Waals surface area contributed by atoms with Crippen molar-refractivity contribution in [3.63, 3.8) is 0 Å². The van der Waals surface area contributed by atoms with Gasteiger partial charge in [-0.1, -0.05) is 17.7 Å². The fourth-order valence-electron chi connectivity index (χ4n) is 1.96. The molecule has 0 fully saturated rings. The molecule has 0 saturated heterocycles. The number of ether oxygens (including phenoxy) is 3. The molecule has 1 N–H and O–H groups in total. The number of carbonyl (C=O) groups is 1. The number of methoxy groups -OCH3 is 2. The zero-order valence-corrected chi connectivity index (χ0v) is 13.9. The number of nitrogens with one attached hydrogen (secondary N) is 1. The highest BCUT2D eigenvalue weighted by Gasteiger charge is 2.16. The summed E-state index contributed by atoms with van der Waals surface area (Å²) in [6, 6.07) is 12.0. The van der Waals surface area contributed by atoms with Crippen molar-refractivity contribution in [1.82, 2.24) is 0 Å². The molecule has 122 valence electrons. The SMILES string of the molecule is COc1ccc(NC(=O)[C@H](C)Oc2cccc(Cl)c2)cc1OC. The summed E-state index contributed by atoms with van der Waals surface area (Å²) in [5.74, 6) is 1.38. The number of halogens is 1. The van der Waals surface area contributed by atoms with Gasteiger partial charge >= 0.3 is 0 Å². The third-order valence-electron chi connectivity index (χ3n) is 3.13. The molecule has 5 nitrogen and oxygen atoms in total. The fourth-order valence-corrected chi connectivity index (χ4v) is 2.14. The minimum atomic E-state index is -0.679. The van der Waals surface area contributed by atoms with Gasteiger partial charge in [0.1, 0.15) is 5.75 Å². The highest BCUT2D eigenvalue weighted by atomic mass is 35.5. The van der Waals surface area contributed by atoms with Gasteiger partial charge in [0.2, 0.25) is 0 Å². The Morgan fingerprint density at radius 2 is 1.83 bits per heavy atom. The number of hydrogen-bond donors (Lipinski definition) is 1. The maximum absolute atomic E-state index is 12.2. The Morgan fingerprint density at radius 3 is 2.48 bits per heavy atom. The summed E-state index contributed by atoms with van der Waals surface area (Å²) in [5.41, 5.74) is 0.592. The van der Waals surface area contributed by atoms with E-state index >= 15 is 0 Å². The quantitative estimate of drug-likeness (QED) is 0.873. The summed E-state index contributed by atoms with van der Waals surface area (Å²) < 4.78 is 15.9. The summed E-state index contributed by atoms with van der Waals surface area (Å²) in [7, 11) is 3.09. The Kier molecular flexibility index (Phi) is 5.71. The number of anilines is 1. The lowest BCUT2D eigenvalue weighted by molar-refractivity contribution is -0.122. The summed E-state index contributed by atoms with van der Waals surface area (Å²) >= 11 is 5.89. The largest absolute Gasteiger partial charge is 0.493 e. The molecule has 0 aromatic heterocycles. The third kappa shape index (κ3) is 4.53. The highest BCUT2D eigenvalue weighted by Crippen LogP contribution is 2.29. The second-order valence-electron chi connectivity index (χ2n) is 4.78. The van der Waals surface area contributed by atoms with Crippen molar-refractivity contribution < 1.29 is 19.0 Å². The molecule has 1 atom stereocenters. The van der Waals surface area contributed by atoms with Gasteiger partial charge in [0.15, 0.2) is 17.6 Å². The summed E-state index contributed by atoms with van der Waals surface area (Å²) in [5, 5.41) is 3.32. The van der Waals surface area contributed by atoms with E-state index in [-0.39, 0.29) is 5.91 Å². The van der Waals surface area contributed by atoms with E-state index in [4.69, 9.17) is 25.8 Å². The average molecular weight is 336 g/mol. The zero-order valence-electron chi connectivity index (χ0n) is 13.1. The predicted octanol–water partition coefficient (Wildman–Crippen LogP) is 3.76. The van der Waals surface area contributed by atoms with Crippen LogP contribution in [0.1, 0.15) is 6.92 Å². The standard InChI is InChI=1S/C17H18ClNO4/c1-11(23-14-6-4-5-12(18)9-14)17(20)19-13-7-8-15(21-2)16(10-13)22-3/h4-11H,1-3H3,(H,19,20)/t11-/m0/s1. The Bertz CT molecular complexity index is 690. The predicted molar refractivity (Wildman–Crippen MR) is 89.7 cm³/mol. The molecule has 23 heavy (non-hydrogen) atoms. The van der Waals surface area contributed by atoms with Crippen molar-refractivity contribution in [3.8, 4) is 17.2 Å². The molecule has 1 amide bonds. The first-order valence-electron chi connectivity index (χ1n) is 6.98. The molecule has 0 saturated carbocycles. The molecule has 2 aromatic rings. The van der Waals surface area contributed by atoms with Gasteiger partial charge in [-0.25, -0.2) is 0 Å². The van der Waals surface area contributed by atoms with Crippen LogP contribution in [0.2, 0.25) is 5.02 Å². The average Bonchev–Trinajstić information content (AvgIpc) is 2.54. The van der Waals surface area contributed by atoms with Crippen LogP contribution < -0.4 is 19.5 Å². The van der Waals surface area contributed by atoms with E-state index in [0.717, 1.165) is 0 Å². The van der Waals surface area contributed by atoms with Crippen LogP contribution in [0.5, 0.6) is 17.2 Å². The van der Waals surface area contributed by atoms with Gasteiger partial charge in [-0.15, -0.1) is 0 Å². The molecule has 0 aliphatic heterocycles. The third-order valence-corrected chi connectivity index (χ3v) is 3.36. The van der Waals surface area contributed by atoms with Crippen LogP contribution >= 0.6 is 11.6 Å². The summed E-state index contributed by atoms with van der Waals surface area (Å²) in [6.45, 7) is 1.66. The molecular weight excluding hydrogens is 318 g/mol. The van der Waals surface area contributed by atoms with Crippen molar-refractivity contribution in [3.05, 3.63) is 47.5 Å². The maximum Gasteiger partial charge on any atom is 0.265 e. The van der Waals surface area contributed by atoms with E-state index in [1.54, 1.807) is 56.5 Å². The smallest absolute Gasteiger partial charge is 0.265 e. The first kappa shape index (κ1) is 17.0. The van der Waals surface area contributed by atoms with E-state index in [1.165, 1.54) is 7.11 Å². The zero-order chi connectivity index (χ0) is 16.8. The van der Waals surface area contributed by atoms with Crippen LogP contribution in [-0.2, 0) is 4.79 Å². The van der Waals surface area contributed by atoms with Gasteiger partial charge in [-0.2, -0.15) is 0 Å². The van der Waals surface area contributed by atoms with Gasteiger partial charge in [0.05, 0.1) is 14.2 Å². The van der Waals surface area contributed by atoms with Crippen LogP contribution in [0, 0.1) is 0 Å². The Morgan fingerprint density at radius 1 is 1.09 bits per heavy atom. The molecule has 0 unspecified atom stereocenters. The minimum absolute atomic E-state index is 0.280. The highest BCUT2D eigenvalue weighted by molar-refractivity contribution is 6.30. The lowest BCUT2D eigenvalue weighted by atomic mass is 10.2. The minimum Gasteiger partial charge on any atom is -0.493 e. The van der Waals surface area contributed by atoms with E-state index in [0.29, 0.717) is 28.0 Å². The first-order valence-corrected chi connectivity index (χ1v) is 7.36. The number of hydrogen-bond acceptors (Lipinski definition) is 4. The number of carbonyl (C=O) groups excluding carboxylic acids is 1. The van der Waals surface area contributed by atoms with Gasteiger partial charge in [0.25, 0.3) is 5.91 Å². The van der Waals surface area contributed by atoms with E-state index in [2.05, 4.69) is 5.32 Å². The van der Waals surface area contributed by atoms with E-state index in [9.17, 15) is 4.79 Å². The molecule has 0 aliphatic carbocycles. The molecule has 0 radical (unpaired) electrons. The van der Waals surface area contributed by atoms with Crippen molar-refractivity contribution >= 4 is 23.2 Å². The lowest BCUT2D eigenvalue weighted by Gasteiger charge is -2.16. The van der Waals surface area contributed by atoms with Gasteiger partial charge in [-0.3, -0.25) is 4.79 Å². The van der Waals surface area contributed by atoms with Crippen LogP contribution in [0.25, 0.3) is 0 Å². The lowest BCUT2D eigenvalue weighted by Crippen LogP contribution is -2.30. The van der Waals surface area contributed by atoms with Gasteiger partial charge in [0, 0.05) is 16.8 Å². The number of amides is 1. The summed E-state index contributed by atoms with van der Waals surface area (Å²) in [4.78, 5) is 12.2. The Hall–Kier alpha value is -2.40. The molecular formula is C17H18ClNO4. The molecule has 0 heterocycles. The van der Waals surface area contributed by atoms with Crippen molar-refractivity contribution in [2.75, 3.05) is 19.5 Å². The molecule has 0 aliphatic rings. The summed E-state index contributed by atoms with van der Waals surface area (Å²) in [6.07, 6.45) is -0.679. The fraction of sp³-hybridized carbons (Fsp3) is 0.235.